The van der Waals surface area contributed by atoms with E-state index >= 15 is 0 Å². The van der Waals surface area contributed by atoms with E-state index in [0.29, 0.717) is 6.54 Å². The van der Waals surface area contributed by atoms with Crippen LogP contribution >= 0.6 is 15.9 Å². The van der Waals surface area contributed by atoms with Crippen LogP contribution in [0.2, 0.25) is 0 Å². The van der Waals surface area contributed by atoms with E-state index in [1.165, 1.54) is 0 Å². The van der Waals surface area contributed by atoms with Crippen LogP contribution in [0.1, 0.15) is 5.56 Å². The Morgan fingerprint density at radius 3 is 2.69 bits per heavy atom. The van der Waals surface area contributed by atoms with E-state index in [4.69, 9.17) is 5.11 Å². The zero-order valence-electron chi connectivity index (χ0n) is 8.37. The summed E-state index contributed by atoms with van der Waals surface area (Å²) in [6.45, 7) is -0.0325. The minimum absolute atomic E-state index is 0.352. The first-order valence-corrected chi connectivity index (χ1v) is 5.35. The Balaban J connectivity index is 2.34. The summed E-state index contributed by atoms with van der Waals surface area (Å²) in [7, 11) is 0. The van der Waals surface area contributed by atoms with Crippen molar-refractivity contribution in [2.75, 3.05) is 6.54 Å². The molecule has 5 nitrogen and oxygen atoms in total. The largest absolute Gasteiger partial charge is 0.480 e. The Morgan fingerprint density at radius 2 is 2.06 bits per heavy atom. The zero-order valence-corrected chi connectivity index (χ0v) is 9.95. The predicted molar refractivity (Wildman–Crippen MR) is 62.0 cm³/mol. The van der Waals surface area contributed by atoms with E-state index in [9.17, 15) is 9.59 Å². The zero-order chi connectivity index (χ0) is 12.0. The average molecular weight is 287 g/mol. The molecule has 0 aromatic heterocycles. The molecule has 0 radical (unpaired) electrons. The molecule has 1 aromatic rings. The lowest BCUT2D eigenvalue weighted by Gasteiger charge is -2.06. The number of carboxylic acids is 1. The van der Waals surface area contributed by atoms with Crippen LogP contribution in [0.15, 0.2) is 28.7 Å². The van der Waals surface area contributed by atoms with E-state index in [1.54, 1.807) is 0 Å². The molecular formula is C10H11BrN2O3. The van der Waals surface area contributed by atoms with Crippen molar-refractivity contribution in [1.29, 1.82) is 0 Å². The summed E-state index contributed by atoms with van der Waals surface area (Å²) in [6.07, 6.45) is 0. The van der Waals surface area contributed by atoms with E-state index in [1.807, 2.05) is 24.3 Å². The summed E-state index contributed by atoms with van der Waals surface area (Å²) in [6, 6.07) is 6.98. The summed E-state index contributed by atoms with van der Waals surface area (Å²) in [5.74, 6) is -1.07. The molecule has 0 unspecified atom stereocenters. The van der Waals surface area contributed by atoms with Gasteiger partial charge < -0.3 is 15.7 Å². The molecule has 2 amide bonds. The Kier molecular flexibility index (Phi) is 4.78. The van der Waals surface area contributed by atoms with Crippen LogP contribution in [0, 0.1) is 0 Å². The van der Waals surface area contributed by atoms with Crippen LogP contribution in [0.25, 0.3) is 0 Å². The highest BCUT2D eigenvalue weighted by molar-refractivity contribution is 9.10. The van der Waals surface area contributed by atoms with Gasteiger partial charge in [0.1, 0.15) is 6.54 Å². The Hall–Kier alpha value is -1.56. The summed E-state index contributed by atoms with van der Waals surface area (Å²) in [5.41, 5.74) is 0.930. The predicted octanol–water partition coefficient (Wildman–Crippen LogP) is 1.33. The molecule has 0 fully saturated rings. The van der Waals surface area contributed by atoms with Crippen molar-refractivity contribution >= 4 is 27.9 Å². The first-order chi connectivity index (χ1) is 7.58. The van der Waals surface area contributed by atoms with Crippen molar-refractivity contribution < 1.29 is 14.7 Å². The number of carbonyl (C=O) groups excluding carboxylic acids is 1. The van der Waals surface area contributed by atoms with Crippen LogP contribution in [-0.4, -0.2) is 23.7 Å². The summed E-state index contributed by atoms with van der Waals surface area (Å²) < 4.78 is 0.928. The molecule has 0 saturated carbocycles. The fraction of sp³-hybridized carbons (Fsp3) is 0.200. The van der Waals surface area contributed by atoms with Gasteiger partial charge >= 0.3 is 12.0 Å². The fourth-order valence-electron chi connectivity index (χ4n) is 1.05. The second-order valence-electron chi connectivity index (χ2n) is 3.06. The molecule has 86 valence electrons. The van der Waals surface area contributed by atoms with Crippen LogP contribution < -0.4 is 10.6 Å². The van der Waals surface area contributed by atoms with E-state index in [0.717, 1.165) is 10.0 Å². The minimum Gasteiger partial charge on any atom is -0.480 e. The molecule has 16 heavy (non-hydrogen) atoms. The molecule has 1 rings (SSSR count). The molecule has 0 aliphatic rings. The summed E-state index contributed by atoms with van der Waals surface area (Å²) in [4.78, 5) is 21.3. The first-order valence-electron chi connectivity index (χ1n) is 4.56. The smallest absolute Gasteiger partial charge is 0.323 e. The van der Waals surface area contributed by atoms with E-state index in [2.05, 4.69) is 26.6 Å². The number of hydrogen-bond donors (Lipinski definition) is 3. The Bertz CT molecular complexity index is 395. The third kappa shape index (κ3) is 4.79. The van der Waals surface area contributed by atoms with Gasteiger partial charge in [0.05, 0.1) is 0 Å². The molecule has 1 aromatic carbocycles. The molecule has 6 heteroatoms. The topological polar surface area (TPSA) is 78.4 Å². The fourth-order valence-corrected chi connectivity index (χ4v) is 1.49. The van der Waals surface area contributed by atoms with E-state index in [-0.39, 0.29) is 6.54 Å². The maximum atomic E-state index is 11.1. The number of urea groups is 1. The van der Waals surface area contributed by atoms with Crippen molar-refractivity contribution in [2.45, 2.75) is 6.54 Å². The van der Waals surface area contributed by atoms with Gasteiger partial charge in [-0.15, -0.1) is 0 Å². The van der Waals surface area contributed by atoms with E-state index < -0.39 is 12.0 Å². The molecular weight excluding hydrogens is 276 g/mol. The van der Waals surface area contributed by atoms with Gasteiger partial charge in [0.2, 0.25) is 0 Å². The number of amides is 2. The monoisotopic (exact) mass is 286 g/mol. The molecule has 0 saturated heterocycles. The van der Waals surface area contributed by atoms with Gasteiger partial charge in [0, 0.05) is 11.0 Å². The first kappa shape index (κ1) is 12.5. The van der Waals surface area contributed by atoms with Crippen LogP contribution in [-0.2, 0) is 11.3 Å². The van der Waals surface area contributed by atoms with Gasteiger partial charge in [0.15, 0.2) is 0 Å². The van der Waals surface area contributed by atoms with Crippen molar-refractivity contribution in [3.05, 3.63) is 34.3 Å². The summed E-state index contributed by atoms with van der Waals surface area (Å²) >= 11 is 3.31. The molecule has 0 spiro atoms. The third-order valence-corrected chi connectivity index (χ3v) is 2.24. The Morgan fingerprint density at radius 1 is 1.31 bits per heavy atom. The number of nitrogens with one attached hydrogen (secondary N) is 2. The third-order valence-electron chi connectivity index (χ3n) is 1.74. The molecule has 0 aliphatic carbocycles. The van der Waals surface area contributed by atoms with Gasteiger partial charge in [-0.25, -0.2) is 4.79 Å². The quantitative estimate of drug-likeness (QED) is 0.781. The molecule has 3 N–H and O–H groups in total. The van der Waals surface area contributed by atoms with Gasteiger partial charge in [-0.2, -0.15) is 0 Å². The highest BCUT2D eigenvalue weighted by atomic mass is 79.9. The average Bonchev–Trinajstić information content (AvgIpc) is 2.23. The molecule has 0 heterocycles. The Labute approximate surface area is 101 Å². The molecule has 0 atom stereocenters. The molecule has 0 aliphatic heterocycles. The van der Waals surface area contributed by atoms with Crippen LogP contribution in [0.4, 0.5) is 4.79 Å². The highest BCUT2D eigenvalue weighted by Gasteiger charge is 2.02. The lowest BCUT2D eigenvalue weighted by molar-refractivity contribution is -0.135. The lowest BCUT2D eigenvalue weighted by Crippen LogP contribution is -2.37. The number of carbonyl (C=O) groups is 2. The van der Waals surface area contributed by atoms with Crippen molar-refractivity contribution in [2.24, 2.45) is 0 Å². The number of benzene rings is 1. The number of hydrogen-bond acceptors (Lipinski definition) is 2. The molecule has 0 bridgehead atoms. The number of aliphatic carboxylic acids is 1. The van der Waals surface area contributed by atoms with Gasteiger partial charge in [-0.05, 0) is 17.7 Å². The summed E-state index contributed by atoms with van der Waals surface area (Å²) in [5, 5.41) is 13.1. The lowest BCUT2D eigenvalue weighted by atomic mass is 10.2. The van der Waals surface area contributed by atoms with Crippen LogP contribution in [0.3, 0.4) is 0 Å². The van der Waals surface area contributed by atoms with Crippen molar-refractivity contribution in [3.8, 4) is 0 Å². The van der Waals surface area contributed by atoms with Crippen molar-refractivity contribution in [1.82, 2.24) is 10.6 Å². The van der Waals surface area contributed by atoms with Crippen LogP contribution in [0.5, 0.6) is 0 Å². The number of rotatable bonds is 4. The highest BCUT2D eigenvalue weighted by Crippen LogP contribution is 2.11. The maximum absolute atomic E-state index is 11.1. The second kappa shape index (κ2) is 6.12. The number of halogens is 1. The minimum atomic E-state index is -1.07. The normalized spacial score (nSPS) is 9.56. The number of carboxylic acid groups (broad SMARTS) is 1. The maximum Gasteiger partial charge on any atom is 0.323 e. The van der Waals surface area contributed by atoms with Gasteiger partial charge in [-0.1, -0.05) is 28.1 Å². The van der Waals surface area contributed by atoms with Gasteiger partial charge in [-0.3, -0.25) is 4.79 Å². The van der Waals surface area contributed by atoms with Crippen molar-refractivity contribution in [3.63, 3.8) is 0 Å². The SMILES string of the molecule is O=C(O)CNC(=O)NCc1cccc(Br)c1. The second-order valence-corrected chi connectivity index (χ2v) is 3.98. The standard InChI is InChI=1S/C10H11BrN2O3/c11-8-3-1-2-7(4-8)5-12-10(16)13-6-9(14)15/h1-4H,5-6H2,(H,14,15)(H2,12,13,16). The van der Waals surface area contributed by atoms with Gasteiger partial charge in [0.25, 0.3) is 0 Å².